The standard InChI is InChI=1S/C21H16F2N4O3S/c1-12-5-4-7-14-18(12)24-11-27(19(14)29)9-17(28)26-21-25-15(10-31-21)13-6-2-3-8-16(13)30-20(22)23/h2-8,10-11,20H,9H2,1H3,(H,25,26,28). The van der Waals surface area contributed by atoms with Crippen LogP contribution in [0.25, 0.3) is 22.2 Å². The predicted octanol–water partition coefficient (Wildman–Crippen LogP) is 4.07. The molecule has 1 N–H and O–H groups in total. The molecule has 1 amide bonds. The molecule has 0 atom stereocenters. The number of hydrogen-bond donors (Lipinski definition) is 1. The molecule has 0 aliphatic carbocycles. The third-order valence-corrected chi connectivity index (χ3v) is 5.26. The first-order valence-electron chi connectivity index (χ1n) is 9.16. The van der Waals surface area contributed by atoms with E-state index in [1.165, 1.54) is 17.0 Å². The molecule has 0 bridgehead atoms. The minimum Gasteiger partial charge on any atom is -0.434 e. The van der Waals surface area contributed by atoms with E-state index < -0.39 is 12.5 Å². The van der Waals surface area contributed by atoms with Crippen LogP contribution >= 0.6 is 11.3 Å². The zero-order valence-corrected chi connectivity index (χ0v) is 17.0. The number of anilines is 1. The molecule has 10 heteroatoms. The van der Waals surface area contributed by atoms with Gasteiger partial charge in [0.05, 0.1) is 22.9 Å². The van der Waals surface area contributed by atoms with Crippen LogP contribution in [0.5, 0.6) is 5.75 Å². The highest BCUT2D eigenvalue weighted by Gasteiger charge is 2.15. The molecule has 0 aliphatic rings. The lowest BCUT2D eigenvalue weighted by Crippen LogP contribution is -2.28. The Morgan fingerprint density at radius 2 is 2.03 bits per heavy atom. The summed E-state index contributed by atoms with van der Waals surface area (Å²) in [7, 11) is 0. The zero-order chi connectivity index (χ0) is 22.0. The molecular formula is C21H16F2N4O3S. The van der Waals surface area contributed by atoms with Gasteiger partial charge >= 0.3 is 6.61 Å². The van der Waals surface area contributed by atoms with Crippen molar-refractivity contribution in [2.45, 2.75) is 20.1 Å². The lowest BCUT2D eigenvalue weighted by Gasteiger charge is -2.08. The number of amides is 1. The van der Waals surface area contributed by atoms with E-state index in [1.54, 1.807) is 35.7 Å². The number of aromatic nitrogens is 3. The Kier molecular flexibility index (Phi) is 5.72. The van der Waals surface area contributed by atoms with E-state index in [4.69, 9.17) is 0 Å². The smallest absolute Gasteiger partial charge is 0.387 e. The molecule has 7 nitrogen and oxygen atoms in total. The van der Waals surface area contributed by atoms with E-state index in [1.807, 2.05) is 13.0 Å². The fraction of sp³-hybridized carbons (Fsp3) is 0.143. The first-order chi connectivity index (χ1) is 14.9. The second-order valence-corrected chi connectivity index (χ2v) is 7.47. The highest BCUT2D eigenvalue weighted by molar-refractivity contribution is 7.14. The quantitative estimate of drug-likeness (QED) is 0.487. The van der Waals surface area contributed by atoms with Crippen LogP contribution in [0.2, 0.25) is 0 Å². The van der Waals surface area contributed by atoms with E-state index in [-0.39, 0.29) is 23.0 Å². The molecule has 0 aliphatic heterocycles. The maximum atomic E-state index is 12.6. The van der Waals surface area contributed by atoms with Crippen molar-refractivity contribution in [2.75, 3.05) is 5.32 Å². The fourth-order valence-corrected chi connectivity index (χ4v) is 3.82. The van der Waals surface area contributed by atoms with Crippen LogP contribution in [0.4, 0.5) is 13.9 Å². The number of halogens is 2. The molecule has 158 valence electrons. The van der Waals surface area contributed by atoms with Crippen LogP contribution in [0.15, 0.2) is 59.0 Å². The highest BCUT2D eigenvalue weighted by Crippen LogP contribution is 2.33. The minimum absolute atomic E-state index is 0.00948. The van der Waals surface area contributed by atoms with E-state index in [9.17, 15) is 18.4 Å². The van der Waals surface area contributed by atoms with Gasteiger partial charge in [0.25, 0.3) is 5.56 Å². The molecule has 4 aromatic rings. The van der Waals surface area contributed by atoms with Crippen molar-refractivity contribution in [1.29, 1.82) is 0 Å². The predicted molar refractivity (Wildman–Crippen MR) is 114 cm³/mol. The van der Waals surface area contributed by atoms with Crippen LogP contribution in [0.1, 0.15) is 5.56 Å². The number of hydrogen-bond acceptors (Lipinski definition) is 6. The molecule has 0 saturated heterocycles. The average Bonchev–Trinajstić information content (AvgIpc) is 3.18. The zero-order valence-electron chi connectivity index (χ0n) is 16.2. The summed E-state index contributed by atoms with van der Waals surface area (Å²) < 4.78 is 31.0. The topological polar surface area (TPSA) is 86.1 Å². The van der Waals surface area contributed by atoms with Gasteiger partial charge in [-0.05, 0) is 30.7 Å². The Morgan fingerprint density at radius 3 is 2.84 bits per heavy atom. The molecule has 0 radical (unpaired) electrons. The molecule has 0 spiro atoms. The van der Waals surface area contributed by atoms with Gasteiger partial charge in [-0.1, -0.05) is 24.3 Å². The van der Waals surface area contributed by atoms with Gasteiger partial charge in [0.15, 0.2) is 5.13 Å². The molecule has 31 heavy (non-hydrogen) atoms. The first-order valence-corrected chi connectivity index (χ1v) is 10.0. The first kappa shape index (κ1) is 20.6. The van der Waals surface area contributed by atoms with Crippen molar-refractivity contribution in [3.05, 3.63) is 70.1 Å². The number of alkyl halides is 2. The molecule has 0 fully saturated rings. The van der Waals surface area contributed by atoms with Gasteiger partial charge in [-0.3, -0.25) is 14.2 Å². The summed E-state index contributed by atoms with van der Waals surface area (Å²) in [4.78, 5) is 33.6. The summed E-state index contributed by atoms with van der Waals surface area (Å²) in [6.07, 6.45) is 1.34. The Hall–Kier alpha value is -3.66. The van der Waals surface area contributed by atoms with Gasteiger partial charge in [0.1, 0.15) is 12.3 Å². The SMILES string of the molecule is Cc1cccc2c(=O)n(CC(=O)Nc3nc(-c4ccccc4OC(F)F)cs3)cnc12. The van der Waals surface area contributed by atoms with Gasteiger partial charge in [-0.15, -0.1) is 11.3 Å². The summed E-state index contributed by atoms with van der Waals surface area (Å²) in [5.41, 5.74) is 1.92. The Balaban J connectivity index is 1.51. The van der Waals surface area contributed by atoms with Crippen molar-refractivity contribution in [3.8, 4) is 17.0 Å². The number of benzene rings is 2. The van der Waals surface area contributed by atoms with Gasteiger partial charge in [-0.25, -0.2) is 9.97 Å². The number of fused-ring (bicyclic) bond motifs is 1. The Bertz CT molecular complexity index is 1320. The lowest BCUT2D eigenvalue weighted by molar-refractivity contribution is -0.116. The lowest BCUT2D eigenvalue weighted by atomic mass is 10.1. The van der Waals surface area contributed by atoms with E-state index in [0.717, 1.165) is 16.9 Å². The molecule has 4 rings (SSSR count). The van der Waals surface area contributed by atoms with E-state index in [2.05, 4.69) is 20.0 Å². The third-order valence-electron chi connectivity index (χ3n) is 4.50. The number of thiazole rings is 1. The van der Waals surface area contributed by atoms with Gasteiger partial charge < -0.3 is 10.1 Å². The van der Waals surface area contributed by atoms with Crippen molar-refractivity contribution in [1.82, 2.24) is 14.5 Å². The van der Waals surface area contributed by atoms with Gasteiger partial charge in [0, 0.05) is 10.9 Å². The Labute approximate surface area is 179 Å². The maximum Gasteiger partial charge on any atom is 0.387 e. The number of carbonyl (C=O) groups is 1. The number of para-hydroxylation sites is 2. The normalized spacial score (nSPS) is 11.1. The fourth-order valence-electron chi connectivity index (χ4n) is 3.10. The summed E-state index contributed by atoms with van der Waals surface area (Å²) in [6, 6.07) is 11.5. The summed E-state index contributed by atoms with van der Waals surface area (Å²) in [5, 5.41) is 4.94. The van der Waals surface area contributed by atoms with E-state index in [0.29, 0.717) is 22.2 Å². The number of ether oxygens (including phenoxy) is 1. The third kappa shape index (κ3) is 4.43. The Morgan fingerprint density at radius 1 is 1.23 bits per heavy atom. The number of carbonyl (C=O) groups excluding carboxylic acids is 1. The van der Waals surface area contributed by atoms with Crippen LogP contribution in [0, 0.1) is 6.92 Å². The number of rotatable bonds is 6. The van der Waals surface area contributed by atoms with Crippen LogP contribution in [-0.2, 0) is 11.3 Å². The highest BCUT2D eigenvalue weighted by atomic mass is 32.1. The second kappa shape index (κ2) is 8.60. The summed E-state index contributed by atoms with van der Waals surface area (Å²) in [6.45, 7) is -1.34. The molecular weight excluding hydrogens is 426 g/mol. The van der Waals surface area contributed by atoms with Crippen molar-refractivity contribution in [2.24, 2.45) is 0 Å². The monoisotopic (exact) mass is 442 g/mol. The molecule has 2 heterocycles. The van der Waals surface area contributed by atoms with Crippen LogP contribution < -0.4 is 15.6 Å². The molecule has 0 unspecified atom stereocenters. The van der Waals surface area contributed by atoms with Crippen LogP contribution in [0.3, 0.4) is 0 Å². The minimum atomic E-state index is -2.96. The maximum absolute atomic E-state index is 12.6. The number of nitrogens with zero attached hydrogens (tertiary/aromatic N) is 3. The van der Waals surface area contributed by atoms with E-state index >= 15 is 0 Å². The number of nitrogens with one attached hydrogen (secondary N) is 1. The molecule has 2 aromatic carbocycles. The van der Waals surface area contributed by atoms with Gasteiger partial charge in [-0.2, -0.15) is 8.78 Å². The van der Waals surface area contributed by atoms with Crippen molar-refractivity contribution in [3.63, 3.8) is 0 Å². The number of aryl methyl sites for hydroxylation is 1. The summed E-state index contributed by atoms with van der Waals surface area (Å²) >= 11 is 1.13. The van der Waals surface area contributed by atoms with Gasteiger partial charge in [0.2, 0.25) is 5.91 Å². The van der Waals surface area contributed by atoms with Crippen molar-refractivity contribution < 1.29 is 18.3 Å². The molecule has 0 saturated carbocycles. The average molecular weight is 442 g/mol. The second-order valence-electron chi connectivity index (χ2n) is 6.61. The summed E-state index contributed by atoms with van der Waals surface area (Å²) in [5.74, 6) is -0.473. The largest absolute Gasteiger partial charge is 0.434 e. The molecule has 2 aromatic heterocycles. The van der Waals surface area contributed by atoms with Crippen LogP contribution in [-0.4, -0.2) is 27.1 Å². The van der Waals surface area contributed by atoms with Crippen molar-refractivity contribution >= 4 is 33.3 Å².